The van der Waals surface area contributed by atoms with E-state index in [1.54, 1.807) is 31.2 Å². The van der Waals surface area contributed by atoms with Crippen LogP contribution < -0.4 is 4.74 Å². The van der Waals surface area contributed by atoms with E-state index in [1.165, 1.54) is 12.1 Å². The quantitative estimate of drug-likeness (QED) is 0.843. The average molecular weight is 360 g/mol. The Hall–Kier alpha value is -1.10. The van der Waals surface area contributed by atoms with Gasteiger partial charge in [0.05, 0.1) is 11.1 Å². The Labute approximate surface area is 130 Å². The third-order valence-corrected chi connectivity index (χ3v) is 3.51. The summed E-state index contributed by atoms with van der Waals surface area (Å²) >= 11 is 9.31. The Morgan fingerprint density at radius 3 is 2.65 bits per heavy atom. The number of ether oxygens (including phenoxy) is 1. The maximum Gasteiger partial charge on any atom is 0.138 e. The molecule has 2 aromatic carbocycles. The largest absolute Gasteiger partial charge is 0.487 e. The summed E-state index contributed by atoms with van der Waals surface area (Å²) < 4.78 is 19.5. The third-order valence-electron chi connectivity index (χ3n) is 2.76. The summed E-state index contributed by atoms with van der Waals surface area (Å²) in [5.74, 6) is 0.171. The topological polar surface area (TPSA) is 29.5 Å². The first-order chi connectivity index (χ1) is 9.45. The molecule has 0 bridgehead atoms. The van der Waals surface area contributed by atoms with Gasteiger partial charge >= 0.3 is 0 Å². The van der Waals surface area contributed by atoms with Crippen LogP contribution in [-0.4, -0.2) is 5.11 Å². The van der Waals surface area contributed by atoms with E-state index < -0.39 is 6.10 Å². The van der Waals surface area contributed by atoms with Gasteiger partial charge in [0.15, 0.2) is 0 Å². The first-order valence-electron chi connectivity index (χ1n) is 6.01. The molecule has 1 N–H and O–H groups in total. The molecule has 0 spiro atoms. The molecule has 0 aliphatic rings. The highest BCUT2D eigenvalue weighted by Gasteiger charge is 2.07. The molecule has 0 aliphatic heterocycles. The smallest absolute Gasteiger partial charge is 0.138 e. The van der Waals surface area contributed by atoms with E-state index in [0.717, 1.165) is 5.56 Å². The Balaban J connectivity index is 2.11. The maximum atomic E-state index is 13.2. The molecule has 5 heteroatoms. The van der Waals surface area contributed by atoms with Gasteiger partial charge in [0.25, 0.3) is 0 Å². The fourth-order valence-corrected chi connectivity index (χ4v) is 2.51. The van der Waals surface area contributed by atoms with Crippen LogP contribution in [0.4, 0.5) is 4.39 Å². The van der Waals surface area contributed by atoms with Crippen LogP contribution in [0.5, 0.6) is 5.75 Å². The second kappa shape index (κ2) is 6.57. The van der Waals surface area contributed by atoms with Gasteiger partial charge in [0.2, 0.25) is 0 Å². The number of aliphatic hydroxyl groups excluding tert-OH is 1. The molecule has 0 aromatic heterocycles. The first kappa shape index (κ1) is 15.3. The predicted molar refractivity (Wildman–Crippen MR) is 80.5 cm³/mol. The van der Waals surface area contributed by atoms with Crippen molar-refractivity contribution in [1.29, 1.82) is 0 Å². The van der Waals surface area contributed by atoms with Gasteiger partial charge in [-0.1, -0.05) is 33.6 Å². The molecule has 1 atom stereocenters. The van der Waals surface area contributed by atoms with E-state index in [2.05, 4.69) is 15.9 Å². The molecular formula is C15H13BrClFO2. The molecule has 0 saturated carbocycles. The summed E-state index contributed by atoms with van der Waals surface area (Å²) in [6, 6.07) is 9.66. The molecule has 106 valence electrons. The van der Waals surface area contributed by atoms with Gasteiger partial charge in [0, 0.05) is 4.47 Å². The summed E-state index contributed by atoms with van der Waals surface area (Å²) in [7, 11) is 0. The molecule has 0 radical (unpaired) electrons. The van der Waals surface area contributed by atoms with Crippen molar-refractivity contribution in [3.63, 3.8) is 0 Å². The standard InChI is InChI=1S/C15H13BrClFO2/c1-9(19)11-2-3-15(14(17)6-11)20-8-10-4-12(16)7-13(18)5-10/h2-7,9,19H,8H2,1H3/t9-/m1/s1. The zero-order valence-electron chi connectivity index (χ0n) is 10.7. The summed E-state index contributed by atoms with van der Waals surface area (Å²) in [5.41, 5.74) is 1.42. The minimum atomic E-state index is -0.583. The third kappa shape index (κ3) is 3.95. The lowest BCUT2D eigenvalue weighted by Crippen LogP contribution is -1.98. The molecular weight excluding hydrogens is 347 g/mol. The Morgan fingerprint density at radius 2 is 2.05 bits per heavy atom. The van der Waals surface area contributed by atoms with Crippen LogP contribution in [0.3, 0.4) is 0 Å². The molecule has 0 aliphatic carbocycles. The van der Waals surface area contributed by atoms with Crippen LogP contribution in [0.15, 0.2) is 40.9 Å². The minimum Gasteiger partial charge on any atom is -0.487 e. The number of benzene rings is 2. The molecule has 0 heterocycles. The van der Waals surface area contributed by atoms with Crippen LogP contribution in [0.25, 0.3) is 0 Å². The van der Waals surface area contributed by atoms with Gasteiger partial charge in [0.1, 0.15) is 18.2 Å². The summed E-state index contributed by atoms with van der Waals surface area (Å²) in [5, 5.41) is 9.88. The highest BCUT2D eigenvalue weighted by molar-refractivity contribution is 9.10. The van der Waals surface area contributed by atoms with Gasteiger partial charge in [-0.25, -0.2) is 4.39 Å². The lowest BCUT2D eigenvalue weighted by atomic mass is 10.1. The van der Waals surface area contributed by atoms with Crippen molar-refractivity contribution in [2.24, 2.45) is 0 Å². The van der Waals surface area contributed by atoms with Gasteiger partial charge in [-0.3, -0.25) is 0 Å². The van der Waals surface area contributed by atoms with Gasteiger partial charge in [-0.2, -0.15) is 0 Å². The van der Waals surface area contributed by atoms with Crippen molar-refractivity contribution in [1.82, 2.24) is 0 Å². The Bertz CT molecular complexity index is 597. The van der Waals surface area contributed by atoms with Crippen molar-refractivity contribution >= 4 is 27.5 Å². The first-order valence-corrected chi connectivity index (χ1v) is 7.18. The number of hydrogen-bond donors (Lipinski definition) is 1. The zero-order chi connectivity index (χ0) is 14.7. The number of rotatable bonds is 4. The van der Waals surface area contributed by atoms with Crippen molar-refractivity contribution in [2.75, 3.05) is 0 Å². The molecule has 2 nitrogen and oxygen atoms in total. The summed E-state index contributed by atoms with van der Waals surface area (Å²) in [6.07, 6.45) is -0.583. The summed E-state index contributed by atoms with van der Waals surface area (Å²) in [6.45, 7) is 1.88. The van der Waals surface area contributed by atoms with Crippen molar-refractivity contribution < 1.29 is 14.2 Å². The van der Waals surface area contributed by atoms with Crippen LogP contribution in [0.1, 0.15) is 24.2 Å². The predicted octanol–water partition coefficient (Wildman–Crippen LogP) is 4.87. The maximum absolute atomic E-state index is 13.2. The van der Waals surface area contributed by atoms with Crippen molar-refractivity contribution in [3.8, 4) is 5.75 Å². The van der Waals surface area contributed by atoms with Crippen LogP contribution in [-0.2, 0) is 6.61 Å². The van der Waals surface area contributed by atoms with Crippen LogP contribution in [0, 0.1) is 5.82 Å². The van der Waals surface area contributed by atoms with Gasteiger partial charge in [-0.05, 0) is 48.4 Å². The average Bonchev–Trinajstić information content (AvgIpc) is 2.36. The second-order valence-corrected chi connectivity index (χ2v) is 5.76. The Morgan fingerprint density at radius 1 is 1.30 bits per heavy atom. The molecule has 2 rings (SSSR count). The van der Waals surface area contributed by atoms with Crippen molar-refractivity contribution in [2.45, 2.75) is 19.6 Å². The van der Waals surface area contributed by atoms with E-state index in [4.69, 9.17) is 16.3 Å². The highest BCUT2D eigenvalue weighted by Crippen LogP contribution is 2.28. The second-order valence-electron chi connectivity index (χ2n) is 4.43. The number of aliphatic hydroxyl groups is 1. The molecule has 2 aromatic rings. The summed E-state index contributed by atoms with van der Waals surface area (Å²) in [4.78, 5) is 0. The molecule has 0 unspecified atom stereocenters. The Kier molecular flexibility index (Phi) is 5.02. The van der Waals surface area contributed by atoms with E-state index in [1.807, 2.05) is 0 Å². The van der Waals surface area contributed by atoms with Gasteiger partial charge < -0.3 is 9.84 Å². The van der Waals surface area contributed by atoms with E-state index >= 15 is 0 Å². The normalized spacial score (nSPS) is 12.2. The molecule has 0 saturated heterocycles. The lowest BCUT2D eigenvalue weighted by Gasteiger charge is -2.11. The minimum absolute atomic E-state index is 0.212. The fraction of sp³-hybridized carbons (Fsp3) is 0.200. The van der Waals surface area contributed by atoms with E-state index in [0.29, 0.717) is 20.8 Å². The van der Waals surface area contributed by atoms with E-state index in [-0.39, 0.29) is 12.4 Å². The van der Waals surface area contributed by atoms with E-state index in [9.17, 15) is 9.50 Å². The molecule has 20 heavy (non-hydrogen) atoms. The van der Waals surface area contributed by atoms with Gasteiger partial charge in [-0.15, -0.1) is 0 Å². The number of halogens is 3. The van der Waals surface area contributed by atoms with Crippen LogP contribution >= 0.6 is 27.5 Å². The molecule has 0 amide bonds. The highest BCUT2D eigenvalue weighted by atomic mass is 79.9. The van der Waals surface area contributed by atoms with Crippen LogP contribution in [0.2, 0.25) is 5.02 Å². The zero-order valence-corrected chi connectivity index (χ0v) is 13.1. The van der Waals surface area contributed by atoms with Crippen molar-refractivity contribution in [3.05, 3.63) is 62.8 Å². The monoisotopic (exact) mass is 358 g/mol. The fourth-order valence-electron chi connectivity index (χ4n) is 1.75. The lowest BCUT2D eigenvalue weighted by molar-refractivity contribution is 0.199. The molecule has 0 fully saturated rings. The SMILES string of the molecule is C[C@@H](O)c1ccc(OCc2cc(F)cc(Br)c2)c(Cl)c1. The number of hydrogen-bond acceptors (Lipinski definition) is 2.